The van der Waals surface area contributed by atoms with E-state index in [0.29, 0.717) is 18.5 Å². The lowest BCUT2D eigenvalue weighted by Gasteiger charge is -2.12. The van der Waals surface area contributed by atoms with E-state index in [2.05, 4.69) is 23.5 Å². The predicted molar refractivity (Wildman–Crippen MR) is 82.6 cm³/mol. The first-order valence-electron chi connectivity index (χ1n) is 6.75. The molecule has 1 aliphatic rings. The molecule has 2 N–H and O–H groups in total. The molecular formula is C15H18ClNO3S. The van der Waals surface area contributed by atoms with Crippen LogP contribution in [-0.4, -0.2) is 26.7 Å². The van der Waals surface area contributed by atoms with Gasteiger partial charge in [0.2, 0.25) is 10.0 Å². The Morgan fingerprint density at radius 1 is 1.43 bits per heavy atom. The van der Waals surface area contributed by atoms with Crippen molar-refractivity contribution in [1.82, 2.24) is 4.72 Å². The highest BCUT2D eigenvalue weighted by molar-refractivity contribution is 7.89. The van der Waals surface area contributed by atoms with Crippen LogP contribution in [0.2, 0.25) is 5.02 Å². The second-order valence-electron chi connectivity index (χ2n) is 5.56. The summed E-state index contributed by atoms with van der Waals surface area (Å²) < 4.78 is 27.1. The van der Waals surface area contributed by atoms with Gasteiger partial charge in [-0.15, -0.1) is 0 Å². The van der Waals surface area contributed by atoms with Crippen molar-refractivity contribution in [3.05, 3.63) is 28.8 Å². The van der Waals surface area contributed by atoms with E-state index in [1.54, 1.807) is 6.07 Å². The normalized spacial score (nSPS) is 16.1. The molecule has 0 saturated heterocycles. The van der Waals surface area contributed by atoms with Crippen LogP contribution >= 0.6 is 11.6 Å². The molecule has 21 heavy (non-hydrogen) atoms. The molecule has 0 amide bonds. The highest BCUT2D eigenvalue weighted by Gasteiger charge is 2.38. The molecular weight excluding hydrogens is 310 g/mol. The number of aliphatic hydroxyl groups is 1. The molecule has 6 heteroatoms. The maximum absolute atomic E-state index is 12.2. The van der Waals surface area contributed by atoms with Crippen molar-refractivity contribution >= 4 is 21.6 Å². The lowest BCUT2D eigenvalue weighted by molar-refractivity contribution is 0.305. The Morgan fingerprint density at radius 2 is 2.14 bits per heavy atom. The number of sulfonamides is 1. The topological polar surface area (TPSA) is 66.4 Å². The number of benzene rings is 1. The molecule has 0 heterocycles. The maximum Gasteiger partial charge on any atom is 0.242 e. The largest absolute Gasteiger partial charge is 0.395 e. The third kappa shape index (κ3) is 4.45. The van der Waals surface area contributed by atoms with Crippen LogP contribution in [0.15, 0.2) is 23.1 Å². The van der Waals surface area contributed by atoms with Crippen molar-refractivity contribution in [1.29, 1.82) is 0 Å². The summed E-state index contributed by atoms with van der Waals surface area (Å²) in [7, 11) is -3.60. The van der Waals surface area contributed by atoms with Gasteiger partial charge in [-0.25, -0.2) is 13.1 Å². The molecule has 114 valence electrons. The average molecular weight is 328 g/mol. The van der Waals surface area contributed by atoms with E-state index in [1.807, 2.05) is 0 Å². The third-order valence-corrected chi connectivity index (χ3v) is 5.37. The van der Waals surface area contributed by atoms with Gasteiger partial charge in [0.05, 0.1) is 11.6 Å². The Bertz CT molecular complexity index is 685. The van der Waals surface area contributed by atoms with E-state index in [-0.39, 0.29) is 21.9 Å². The molecule has 0 spiro atoms. The smallest absolute Gasteiger partial charge is 0.242 e. The number of halogens is 1. The number of nitrogens with one attached hydrogen (secondary N) is 1. The van der Waals surface area contributed by atoms with Crippen LogP contribution in [0.3, 0.4) is 0 Å². The van der Waals surface area contributed by atoms with Gasteiger partial charge in [-0.1, -0.05) is 30.4 Å². The molecule has 0 radical (unpaired) electrons. The summed E-state index contributed by atoms with van der Waals surface area (Å²) in [6.07, 6.45) is 2.46. The van der Waals surface area contributed by atoms with Crippen molar-refractivity contribution in [3.63, 3.8) is 0 Å². The van der Waals surface area contributed by atoms with Crippen molar-refractivity contribution < 1.29 is 13.5 Å². The monoisotopic (exact) mass is 327 g/mol. The molecule has 4 nitrogen and oxygen atoms in total. The predicted octanol–water partition coefficient (Wildman–Crippen LogP) is 2.15. The van der Waals surface area contributed by atoms with Crippen molar-refractivity contribution in [2.75, 3.05) is 13.2 Å². The summed E-state index contributed by atoms with van der Waals surface area (Å²) in [4.78, 5) is 0.0705. The first-order chi connectivity index (χ1) is 9.86. The fourth-order valence-corrected chi connectivity index (χ4v) is 3.50. The SMILES string of the molecule is CC1(CNS(=O)(=O)c2ccc(C#CCCO)cc2Cl)CC1. The minimum absolute atomic E-state index is 0.00408. The molecule has 1 aromatic rings. The lowest BCUT2D eigenvalue weighted by atomic mass is 10.2. The fourth-order valence-electron chi connectivity index (χ4n) is 1.75. The van der Waals surface area contributed by atoms with Crippen LogP contribution in [0.4, 0.5) is 0 Å². The summed E-state index contributed by atoms with van der Waals surface area (Å²) in [5, 5.41) is 8.82. The number of hydrogen-bond donors (Lipinski definition) is 2. The number of aliphatic hydroxyl groups excluding tert-OH is 1. The van der Waals surface area contributed by atoms with Crippen molar-refractivity contribution in [3.8, 4) is 11.8 Å². The van der Waals surface area contributed by atoms with Gasteiger partial charge in [0.1, 0.15) is 4.90 Å². The lowest BCUT2D eigenvalue weighted by Crippen LogP contribution is -2.29. The molecule has 1 aromatic carbocycles. The van der Waals surface area contributed by atoms with E-state index in [0.717, 1.165) is 12.8 Å². The zero-order valence-corrected chi connectivity index (χ0v) is 13.4. The minimum atomic E-state index is -3.60. The molecule has 1 aliphatic carbocycles. The first-order valence-corrected chi connectivity index (χ1v) is 8.61. The van der Waals surface area contributed by atoms with Crippen LogP contribution in [0.1, 0.15) is 31.7 Å². The van der Waals surface area contributed by atoms with Crippen LogP contribution < -0.4 is 4.72 Å². The van der Waals surface area contributed by atoms with Crippen LogP contribution in [0.25, 0.3) is 0 Å². The zero-order chi connectivity index (χ0) is 15.5. The average Bonchev–Trinajstić information content (AvgIpc) is 3.16. The molecule has 1 saturated carbocycles. The van der Waals surface area contributed by atoms with Gasteiger partial charge in [-0.3, -0.25) is 0 Å². The standard InChI is InChI=1S/C15H18ClNO3S/c1-15(7-8-15)11-17-21(19,20)14-6-5-12(10-13(14)16)4-2-3-9-18/h5-6,10,17-18H,3,7-9,11H2,1H3. The highest BCUT2D eigenvalue weighted by Crippen LogP contribution is 2.44. The third-order valence-electron chi connectivity index (χ3n) is 3.48. The van der Waals surface area contributed by atoms with Gasteiger partial charge < -0.3 is 5.11 Å². The Hall–Kier alpha value is -1.06. The summed E-state index contributed by atoms with van der Waals surface area (Å²) in [5.41, 5.74) is 0.719. The van der Waals surface area contributed by atoms with Gasteiger partial charge in [-0.05, 0) is 36.5 Å². The minimum Gasteiger partial charge on any atom is -0.395 e. The number of rotatable bonds is 5. The Labute approximate surface area is 130 Å². The van der Waals surface area contributed by atoms with E-state index in [9.17, 15) is 8.42 Å². The molecule has 0 unspecified atom stereocenters. The van der Waals surface area contributed by atoms with Gasteiger partial charge in [0.25, 0.3) is 0 Å². The molecule has 0 aliphatic heterocycles. The Balaban J connectivity index is 2.14. The van der Waals surface area contributed by atoms with Crippen LogP contribution in [0, 0.1) is 17.3 Å². The maximum atomic E-state index is 12.2. The Morgan fingerprint density at radius 3 is 2.71 bits per heavy atom. The van der Waals surface area contributed by atoms with E-state index >= 15 is 0 Å². The van der Waals surface area contributed by atoms with E-state index in [1.165, 1.54) is 12.1 Å². The van der Waals surface area contributed by atoms with E-state index < -0.39 is 10.0 Å². The van der Waals surface area contributed by atoms with Gasteiger partial charge in [0, 0.05) is 18.5 Å². The van der Waals surface area contributed by atoms with Crippen LogP contribution in [0.5, 0.6) is 0 Å². The number of hydrogen-bond acceptors (Lipinski definition) is 3. The van der Waals surface area contributed by atoms with Crippen molar-refractivity contribution in [2.45, 2.75) is 31.1 Å². The van der Waals surface area contributed by atoms with Gasteiger partial charge in [0.15, 0.2) is 0 Å². The van der Waals surface area contributed by atoms with E-state index in [4.69, 9.17) is 16.7 Å². The fraction of sp³-hybridized carbons (Fsp3) is 0.467. The second kappa shape index (κ2) is 6.37. The zero-order valence-electron chi connectivity index (χ0n) is 11.8. The molecule has 1 fully saturated rings. The quantitative estimate of drug-likeness (QED) is 0.814. The second-order valence-corrected chi connectivity index (χ2v) is 7.70. The summed E-state index contributed by atoms with van der Waals surface area (Å²) >= 11 is 6.06. The van der Waals surface area contributed by atoms with Crippen LogP contribution in [-0.2, 0) is 10.0 Å². The van der Waals surface area contributed by atoms with Gasteiger partial charge in [-0.2, -0.15) is 0 Å². The Kier molecular flexibility index (Phi) is 4.95. The molecule has 0 bridgehead atoms. The molecule has 0 atom stereocenters. The molecule has 2 rings (SSSR count). The summed E-state index contributed by atoms with van der Waals surface area (Å²) in [6.45, 7) is 2.48. The first kappa shape index (κ1) is 16.3. The van der Waals surface area contributed by atoms with Crippen molar-refractivity contribution in [2.24, 2.45) is 5.41 Å². The van der Waals surface area contributed by atoms with Gasteiger partial charge >= 0.3 is 0 Å². The highest BCUT2D eigenvalue weighted by atomic mass is 35.5. The molecule has 0 aromatic heterocycles. The summed E-state index contributed by atoms with van der Waals surface area (Å²) in [6, 6.07) is 4.60. The summed E-state index contributed by atoms with van der Waals surface area (Å²) in [5.74, 6) is 5.59.